The topological polar surface area (TPSA) is 26.0 Å². The zero-order chi connectivity index (χ0) is 13.9. The van der Waals surface area contributed by atoms with Crippen molar-refractivity contribution < 1.29 is 0 Å². The molecule has 0 spiro atoms. The van der Waals surface area contributed by atoms with E-state index in [9.17, 15) is 0 Å². The number of aryl methyl sites for hydroxylation is 2. The van der Waals surface area contributed by atoms with Gasteiger partial charge in [-0.2, -0.15) is 0 Å². The first-order valence-corrected chi connectivity index (χ1v) is 8.29. The molecule has 0 aliphatic heterocycles. The molecule has 0 bridgehead atoms. The second kappa shape index (κ2) is 5.92. The summed E-state index contributed by atoms with van der Waals surface area (Å²) in [6.07, 6.45) is 3.85. The van der Waals surface area contributed by atoms with Crippen LogP contribution in [0.2, 0.25) is 0 Å². The van der Waals surface area contributed by atoms with Crippen LogP contribution in [0.25, 0.3) is 0 Å². The number of hydrogen-bond acceptors (Lipinski definition) is 2. The third-order valence-electron chi connectivity index (χ3n) is 4.10. The van der Waals surface area contributed by atoms with Crippen LogP contribution in [0.5, 0.6) is 0 Å². The Bertz CT molecular complexity index is 606. The second-order valence-corrected chi connectivity index (χ2v) is 6.70. The molecule has 3 rings (SSSR count). The smallest absolute Gasteiger partial charge is 0.0452 e. The molecule has 0 aromatic heterocycles. The van der Waals surface area contributed by atoms with Gasteiger partial charge in [-0.3, -0.25) is 0 Å². The molecule has 2 heteroatoms. The van der Waals surface area contributed by atoms with E-state index in [1.165, 1.54) is 29.7 Å². The highest BCUT2D eigenvalue weighted by Gasteiger charge is 2.20. The van der Waals surface area contributed by atoms with Crippen LogP contribution in [-0.2, 0) is 6.42 Å². The van der Waals surface area contributed by atoms with Crippen molar-refractivity contribution in [1.29, 1.82) is 0 Å². The van der Waals surface area contributed by atoms with E-state index in [4.69, 9.17) is 5.73 Å². The van der Waals surface area contributed by atoms with Crippen LogP contribution in [-0.4, -0.2) is 5.75 Å². The van der Waals surface area contributed by atoms with Crippen molar-refractivity contribution >= 4 is 17.4 Å². The number of thioether (sulfide) groups is 1. The van der Waals surface area contributed by atoms with Gasteiger partial charge in [-0.25, -0.2) is 0 Å². The van der Waals surface area contributed by atoms with Crippen LogP contribution in [0.15, 0.2) is 47.4 Å². The molecule has 0 saturated carbocycles. The fourth-order valence-electron chi connectivity index (χ4n) is 2.98. The Morgan fingerprint density at radius 2 is 2.05 bits per heavy atom. The summed E-state index contributed by atoms with van der Waals surface area (Å²) in [5, 5.41) is 0. The highest BCUT2D eigenvalue weighted by atomic mass is 32.2. The van der Waals surface area contributed by atoms with Crippen LogP contribution in [0.3, 0.4) is 0 Å². The van der Waals surface area contributed by atoms with E-state index in [1.54, 1.807) is 11.1 Å². The number of rotatable bonds is 3. The van der Waals surface area contributed by atoms with Crippen molar-refractivity contribution in [2.75, 3.05) is 11.5 Å². The van der Waals surface area contributed by atoms with Crippen molar-refractivity contribution in [3.63, 3.8) is 0 Å². The molecular formula is C18H21NS. The van der Waals surface area contributed by atoms with E-state index in [0.29, 0.717) is 5.92 Å². The fraction of sp³-hybridized carbons (Fsp3) is 0.333. The molecule has 0 radical (unpaired) electrons. The van der Waals surface area contributed by atoms with Gasteiger partial charge in [-0.05, 0) is 60.9 Å². The SMILES string of the molecule is Cc1ccc(N)c(SCC2CCCc3ccccc32)c1. The summed E-state index contributed by atoms with van der Waals surface area (Å²) in [6, 6.07) is 15.2. The Morgan fingerprint density at radius 3 is 2.95 bits per heavy atom. The summed E-state index contributed by atoms with van der Waals surface area (Å²) in [6.45, 7) is 2.12. The van der Waals surface area contributed by atoms with Gasteiger partial charge in [-0.1, -0.05) is 30.3 Å². The summed E-state index contributed by atoms with van der Waals surface area (Å²) in [5.74, 6) is 1.80. The van der Waals surface area contributed by atoms with E-state index in [-0.39, 0.29) is 0 Å². The van der Waals surface area contributed by atoms with Gasteiger partial charge in [0.2, 0.25) is 0 Å². The molecule has 1 atom stereocenters. The maximum absolute atomic E-state index is 6.08. The summed E-state index contributed by atoms with van der Waals surface area (Å²) in [4.78, 5) is 1.23. The molecule has 0 heterocycles. The highest BCUT2D eigenvalue weighted by molar-refractivity contribution is 7.99. The average Bonchev–Trinajstić information content (AvgIpc) is 2.48. The number of hydrogen-bond donors (Lipinski definition) is 1. The van der Waals surface area contributed by atoms with Crippen LogP contribution in [0, 0.1) is 6.92 Å². The largest absolute Gasteiger partial charge is 0.398 e. The average molecular weight is 283 g/mol. The van der Waals surface area contributed by atoms with Gasteiger partial charge in [0.15, 0.2) is 0 Å². The molecule has 104 valence electrons. The fourth-order valence-corrected chi connectivity index (χ4v) is 4.22. The Morgan fingerprint density at radius 1 is 1.20 bits per heavy atom. The van der Waals surface area contributed by atoms with Crippen molar-refractivity contribution in [3.05, 3.63) is 59.2 Å². The zero-order valence-corrected chi connectivity index (χ0v) is 12.7. The van der Waals surface area contributed by atoms with Gasteiger partial charge < -0.3 is 5.73 Å². The van der Waals surface area contributed by atoms with Gasteiger partial charge in [0.05, 0.1) is 0 Å². The number of nitrogens with two attached hydrogens (primary N) is 1. The molecule has 1 aliphatic carbocycles. The molecule has 1 aliphatic rings. The molecule has 1 nitrogen and oxygen atoms in total. The summed E-state index contributed by atoms with van der Waals surface area (Å²) >= 11 is 1.91. The van der Waals surface area contributed by atoms with Gasteiger partial charge in [-0.15, -0.1) is 11.8 Å². The van der Waals surface area contributed by atoms with Gasteiger partial charge in [0, 0.05) is 16.3 Å². The summed E-state index contributed by atoms with van der Waals surface area (Å²) in [7, 11) is 0. The lowest BCUT2D eigenvalue weighted by molar-refractivity contribution is 0.596. The minimum Gasteiger partial charge on any atom is -0.398 e. The normalized spacial score (nSPS) is 17.8. The number of nitrogen functional groups attached to an aromatic ring is 1. The zero-order valence-electron chi connectivity index (χ0n) is 11.9. The number of benzene rings is 2. The van der Waals surface area contributed by atoms with Crippen LogP contribution >= 0.6 is 11.8 Å². The predicted octanol–water partition coefficient (Wildman–Crippen LogP) is 4.79. The molecular weight excluding hydrogens is 262 g/mol. The highest BCUT2D eigenvalue weighted by Crippen LogP contribution is 2.37. The summed E-state index contributed by atoms with van der Waals surface area (Å²) in [5.41, 5.74) is 11.4. The quantitative estimate of drug-likeness (QED) is 0.647. The Hall–Kier alpha value is -1.41. The van der Waals surface area contributed by atoms with Gasteiger partial charge >= 0.3 is 0 Å². The van der Waals surface area contributed by atoms with Crippen LogP contribution in [0.4, 0.5) is 5.69 Å². The Kier molecular flexibility index (Phi) is 4.02. The van der Waals surface area contributed by atoms with Crippen molar-refractivity contribution in [1.82, 2.24) is 0 Å². The van der Waals surface area contributed by atoms with E-state index in [1.807, 2.05) is 17.8 Å². The molecule has 0 amide bonds. The molecule has 2 aromatic carbocycles. The van der Waals surface area contributed by atoms with E-state index >= 15 is 0 Å². The van der Waals surface area contributed by atoms with Crippen LogP contribution < -0.4 is 5.73 Å². The Labute approximate surface area is 125 Å². The molecule has 2 N–H and O–H groups in total. The molecule has 20 heavy (non-hydrogen) atoms. The molecule has 1 unspecified atom stereocenters. The lowest BCUT2D eigenvalue weighted by atomic mass is 9.84. The third-order valence-corrected chi connectivity index (χ3v) is 5.34. The van der Waals surface area contributed by atoms with E-state index in [0.717, 1.165) is 11.4 Å². The monoisotopic (exact) mass is 283 g/mol. The summed E-state index contributed by atoms with van der Waals surface area (Å²) < 4.78 is 0. The lowest BCUT2D eigenvalue weighted by Crippen LogP contribution is -2.11. The van der Waals surface area contributed by atoms with Crippen molar-refractivity contribution in [3.8, 4) is 0 Å². The third kappa shape index (κ3) is 2.85. The maximum Gasteiger partial charge on any atom is 0.0452 e. The van der Waals surface area contributed by atoms with E-state index < -0.39 is 0 Å². The first kappa shape index (κ1) is 13.6. The first-order valence-electron chi connectivity index (χ1n) is 7.31. The number of anilines is 1. The standard InChI is InChI=1S/C18H21NS/c1-13-9-10-17(19)18(11-13)20-12-15-7-4-6-14-5-2-3-8-16(14)15/h2-3,5,8-11,15H,4,6-7,12,19H2,1H3. The van der Waals surface area contributed by atoms with Crippen LogP contribution in [0.1, 0.15) is 35.4 Å². The van der Waals surface area contributed by atoms with Crippen molar-refractivity contribution in [2.24, 2.45) is 0 Å². The minimum atomic E-state index is 0.671. The van der Waals surface area contributed by atoms with Crippen molar-refractivity contribution in [2.45, 2.75) is 37.0 Å². The minimum absolute atomic E-state index is 0.671. The molecule has 0 fully saturated rings. The Balaban J connectivity index is 1.75. The van der Waals surface area contributed by atoms with Gasteiger partial charge in [0.25, 0.3) is 0 Å². The molecule has 0 saturated heterocycles. The second-order valence-electron chi connectivity index (χ2n) is 5.64. The maximum atomic E-state index is 6.08. The van der Waals surface area contributed by atoms with E-state index in [2.05, 4.69) is 43.3 Å². The predicted molar refractivity (Wildman–Crippen MR) is 88.4 cm³/mol. The molecule has 2 aromatic rings. The number of fused-ring (bicyclic) bond motifs is 1. The first-order chi connectivity index (χ1) is 9.74. The van der Waals surface area contributed by atoms with Gasteiger partial charge in [0.1, 0.15) is 0 Å². The lowest BCUT2D eigenvalue weighted by Gasteiger charge is -2.25.